The van der Waals surface area contributed by atoms with Crippen LogP contribution in [0.25, 0.3) is 55.5 Å². The van der Waals surface area contributed by atoms with Crippen molar-refractivity contribution in [1.29, 1.82) is 0 Å². The molecule has 0 bridgehead atoms. The Morgan fingerprint density at radius 3 is 2.04 bits per heavy atom. The predicted molar refractivity (Wildman–Crippen MR) is 225 cm³/mol. The second-order valence-electron chi connectivity index (χ2n) is 12.7. The van der Waals surface area contributed by atoms with E-state index in [4.69, 9.17) is 9.97 Å². The number of nitrogens with zero attached hydrogens (tertiary/aromatic N) is 4. The highest BCUT2D eigenvalue weighted by atomic mass is 15.0. The second kappa shape index (κ2) is 16.3. The molecule has 4 nitrogen and oxygen atoms in total. The average molecular weight is 679 g/mol. The summed E-state index contributed by atoms with van der Waals surface area (Å²) >= 11 is 0. The van der Waals surface area contributed by atoms with E-state index in [1.54, 1.807) is 6.08 Å². The number of hydrogen-bond acceptors (Lipinski definition) is 3. The summed E-state index contributed by atoms with van der Waals surface area (Å²) in [5.41, 5.74) is 9.56. The van der Waals surface area contributed by atoms with Gasteiger partial charge in [-0.15, -0.1) is 0 Å². The molecule has 258 valence electrons. The second-order valence-corrected chi connectivity index (χ2v) is 12.7. The van der Waals surface area contributed by atoms with Gasteiger partial charge in [-0.05, 0) is 81.3 Å². The van der Waals surface area contributed by atoms with Crippen molar-refractivity contribution in [3.05, 3.63) is 187 Å². The molecule has 6 aromatic rings. The van der Waals surface area contributed by atoms with Crippen molar-refractivity contribution in [3.63, 3.8) is 0 Å². The van der Waals surface area contributed by atoms with Crippen LogP contribution in [0.1, 0.15) is 67.8 Å². The van der Waals surface area contributed by atoms with Gasteiger partial charge < -0.3 is 4.57 Å². The molecular weight excluding hydrogens is 633 g/mol. The molecule has 1 unspecified atom stereocenters. The van der Waals surface area contributed by atoms with E-state index in [0.29, 0.717) is 11.6 Å². The van der Waals surface area contributed by atoms with Crippen molar-refractivity contribution in [2.45, 2.75) is 47.0 Å². The third kappa shape index (κ3) is 6.93. The SMILES string of the molecule is C/C=C\C=C/C.C=C(/C=C\C)c1nc(C)nc(C2=CCc3ccc4c(-n5c6ccccc6c6ccccc65)ccc5c4c3C2C=C5)n1.C=C/C=C\C. The average Bonchev–Trinajstić information content (AvgIpc) is 3.51. The Balaban J connectivity index is 0.000000371. The molecule has 8 rings (SSSR count). The molecule has 0 saturated carbocycles. The molecule has 0 fully saturated rings. The lowest BCUT2D eigenvalue weighted by Crippen LogP contribution is -2.15. The molecule has 4 aromatic carbocycles. The van der Waals surface area contributed by atoms with E-state index in [1.807, 2.05) is 83.2 Å². The molecule has 1 atom stereocenters. The maximum atomic E-state index is 4.89. The van der Waals surface area contributed by atoms with Gasteiger partial charge in [0, 0.05) is 33.2 Å². The highest BCUT2D eigenvalue weighted by molar-refractivity contribution is 6.12. The van der Waals surface area contributed by atoms with Crippen LogP contribution in [0, 0.1) is 6.92 Å². The van der Waals surface area contributed by atoms with Gasteiger partial charge >= 0.3 is 0 Å². The minimum Gasteiger partial charge on any atom is -0.309 e. The standard InChI is InChI=1S/C37H28N4.C6H10.C5H8/c1-4-9-22(2)36-38-23(3)39-37(40-36)29-19-15-24-16-20-30-33(21-17-25-14-18-28(29)34(24)35(25)30)41-31-12-7-5-10-26(31)27-11-6-8-13-32(27)41;1-3-5-6-4-2;1-3-5-4-2/h4-14,16-21,28H,2,15H2,1,3H3;3-6H,1-2H3;3-5H,1H2,2H3/b9-4-;5-3-,6-4-;5-4-. The normalized spacial score (nSPS) is 14.6. The molecule has 2 aromatic heterocycles. The van der Waals surface area contributed by atoms with Crippen LogP contribution < -0.4 is 0 Å². The number of hydrogen-bond donors (Lipinski definition) is 0. The van der Waals surface area contributed by atoms with Gasteiger partial charge in [-0.3, -0.25) is 0 Å². The number of benzene rings is 4. The molecule has 2 aliphatic carbocycles. The zero-order chi connectivity index (χ0) is 36.6. The Morgan fingerprint density at radius 2 is 1.42 bits per heavy atom. The first kappa shape index (κ1) is 35.7. The lowest BCUT2D eigenvalue weighted by Gasteiger charge is -2.30. The highest BCUT2D eigenvalue weighted by Crippen LogP contribution is 2.47. The quantitative estimate of drug-likeness (QED) is 0.165. The summed E-state index contributed by atoms with van der Waals surface area (Å²) in [5, 5.41) is 5.13. The van der Waals surface area contributed by atoms with Crippen LogP contribution in [0.3, 0.4) is 0 Å². The topological polar surface area (TPSA) is 43.6 Å². The molecular formula is C48H46N4. The molecule has 0 radical (unpaired) electrons. The molecule has 4 heteroatoms. The zero-order valence-electron chi connectivity index (χ0n) is 30.8. The third-order valence-corrected chi connectivity index (χ3v) is 9.28. The van der Waals surface area contributed by atoms with Gasteiger partial charge in [-0.25, -0.2) is 15.0 Å². The van der Waals surface area contributed by atoms with E-state index < -0.39 is 0 Å². The summed E-state index contributed by atoms with van der Waals surface area (Å²) in [4.78, 5) is 14.3. The zero-order valence-corrected chi connectivity index (χ0v) is 30.8. The first-order valence-electron chi connectivity index (χ1n) is 17.9. The molecule has 0 amide bonds. The molecule has 0 N–H and O–H groups in total. The van der Waals surface area contributed by atoms with Crippen LogP contribution in [0.15, 0.2) is 153 Å². The van der Waals surface area contributed by atoms with E-state index in [0.717, 1.165) is 23.4 Å². The smallest absolute Gasteiger partial charge is 0.163 e. The first-order valence-corrected chi connectivity index (χ1v) is 17.9. The van der Waals surface area contributed by atoms with Crippen LogP contribution in [0.5, 0.6) is 0 Å². The number of rotatable bonds is 6. The van der Waals surface area contributed by atoms with Gasteiger partial charge in [0.2, 0.25) is 0 Å². The Labute approximate surface area is 308 Å². The van der Waals surface area contributed by atoms with E-state index in [-0.39, 0.29) is 5.92 Å². The fraction of sp³-hybridized carbons (Fsp3) is 0.146. The van der Waals surface area contributed by atoms with Crippen LogP contribution in [-0.2, 0) is 6.42 Å². The van der Waals surface area contributed by atoms with E-state index in [1.165, 1.54) is 55.0 Å². The fourth-order valence-electron chi connectivity index (χ4n) is 7.10. The van der Waals surface area contributed by atoms with Crippen molar-refractivity contribution in [2.24, 2.45) is 0 Å². The summed E-state index contributed by atoms with van der Waals surface area (Å²) < 4.78 is 2.43. The molecule has 2 aliphatic rings. The number of allylic oxidation sites excluding steroid dienone is 13. The number of fused-ring (bicyclic) bond motifs is 3. The fourth-order valence-corrected chi connectivity index (χ4v) is 7.10. The van der Waals surface area contributed by atoms with Gasteiger partial charge in [-0.2, -0.15) is 0 Å². The van der Waals surface area contributed by atoms with Crippen molar-refractivity contribution < 1.29 is 0 Å². The van der Waals surface area contributed by atoms with Crippen molar-refractivity contribution >= 4 is 49.8 Å². The highest BCUT2D eigenvalue weighted by Gasteiger charge is 2.30. The monoisotopic (exact) mass is 678 g/mol. The number of para-hydroxylation sites is 2. The lowest BCUT2D eigenvalue weighted by atomic mass is 9.75. The van der Waals surface area contributed by atoms with Crippen LogP contribution in [-0.4, -0.2) is 19.5 Å². The van der Waals surface area contributed by atoms with Gasteiger partial charge in [0.05, 0.1) is 16.7 Å². The maximum Gasteiger partial charge on any atom is 0.163 e. The number of aromatic nitrogens is 4. The van der Waals surface area contributed by atoms with Crippen LogP contribution in [0.4, 0.5) is 0 Å². The summed E-state index contributed by atoms with van der Waals surface area (Å²) in [6.45, 7) is 17.5. The molecule has 52 heavy (non-hydrogen) atoms. The van der Waals surface area contributed by atoms with E-state index >= 15 is 0 Å². The van der Waals surface area contributed by atoms with E-state index in [2.05, 4.69) is 114 Å². The van der Waals surface area contributed by atoms with Gasteiger partial charge in [0.15, 0.2) is 11.6 Å². The summed E-state index contributed by atoms with van der Waals surface area (Å²) in [5.74, 6) is 2.14. The molecule has 0 aliphatic heterocycles. The third-order valence-electron chi connectivity index (χ3n) is 9.28. The maximum absolute atomic E-state index is 4.89. The Morgan fingerprint density at radius 1 is 0.750 bits per heavy atom. The van der Waals surface area contributed by atoms with Crippen molar-refractivity contribution in [2.75, 3.05) is 0 Å². The van der Waals surface area contributed by atoms with Gasteiger partial charge in [-0.1, -0.05) is 141 Å². The molecule has 2 heterocycles. The Kier molecular flexibility index (Phi) is 11.2. The van der Waals surface area contributed by atoms with Crippen molar-refractivity contribution in [3.8, 4) is 5.69 Å². The number of aryl methyl sites for hydroxylation is 1. The molecule has 0 spiro atoms. The Bertz CT molecular complexity index is 2410. The summed E-state index contributed by atoms with van der Waals surface area (Å²) in [6.07, 6.45) is 25.2. The summed E-state index contributed by atoms with van der Waals surface area (Å²) in [7, 11) is 0. The molecule has 0 saturated heterocycles. The summed E-state index contributed by atoms with van der Waals surface area (Å²) in [6, 6.07) is 26.6. The lowest BCUT2D eigenvalue weighted by molar-refractivity contribution is 0.903. The Hall–Kier alpha value is -6.13. The first-order chi connectivity index (χ1) is 25.4. The van der Waals surface area contributed by atoms with Crippen LogP contribution in [0.2, 0.25) is 0 Å². The van der Waals surface area contributed by atoms with Crippen molar-refractivity contribution in [1.82, 2.24) is 19.5 Å². The van der Waals surface area contributed by atoms with Gasteiger partial charge in [0.1, 0.15) is 5.82 Å². The van der Waals surface area contributed by atoms with Crippen LogP contribution >= 0.6 is 0 Å². The van der Waals surface area contributed by atoms with E-state index in [9.17, 15) is 0 Å². The minimum atomic E-state index is 0.0768. The predicted octanol–water partition coefficient (Wildman–Crippen LogP) is 12.7. The largest absolute Gasteiger partial charge is 0.309 e. The minimum absolute atomic E-state index is 0.0768. The van der Waals surface area contributed by atoms with Gasteiger partial charge in [0.25, 0.3) is 0 Å².